The Kier molecular flexibility index (Phi) is 4.17. The van der Waals surface area contributed by atoms with Gasteiger partial charge < -0.3 is 10.4 Å². The molecule has 0 spiro atoms. The Labute approximate surface area is 131 Å². The van der Waals surface area contributed by atoms with Crippen LogP contribution < -0.4 is 5.32 Å². The largest absolute Gasteiger partial charge is 0.386 e. The summed E-state index contributed by atoms with van der Waals surface area (Å²) in [5, 5.41) is 18.0. The van der Waals surface area contributed by atoms with Crippen LogP contribution in [-0.4, -0.2) is 32.3 Å². The van der Waals surface area contributed by atoms with Gasteiger partial charge in [0, 0.05) is 16.1 Å². The van der Waals surface area contributed by atoms with E-state index in [9.17, 15) is 9.90 Å². The lowest BCUT2D eigenvalue weighted by atomic mass is 10.2. The second-order valence-corrected chi connectivity index (χ2v) is 6.11. The molecule has 0 aliphatic carbocycles. The monoisotopic (exact) mass is 316 g/mol. The third-order valence-corrected chi connectivity index (χ3v) is 4.67. The summed E-state index contributed by atoms with van der Waals surface area (Å²) in [5.41, 5.74) is 0. The van der Waals surface area contributed by atoms with Gasteiger partial charge in [0.25, 0.3) is 0 Å². The van der Waals surface area contributed by atoms with Gasteiger partial charge in [0.15, 0.2) is 0 Å². The predicted octanol–water partition coefficient (Wildman–Crippen LogP) is 1.90. The van der Waals surface area contributed by atoms with Crippen LogP contribution in [0.25, 0.3) is 10.1 Å². The first kappa shape index (κ1) is 14.7. The molecule has 0 bridgehead atoms. The van der Waals surface area contributed by atoms with Gasteiger partial charge >= 0.3 is 0 Å². The van der Waals surface area contributed by atoms with Gasteiger partial charge in [-0.25, -0.2) is 9.67 Å². The first-order valence-electron chi connectivity index (χ1n) is 6.93. The van der Waals surface area contributed by atoms with E-state index in [1.165, 1.54) is 28.7 Å². The zero-order chi connectivity index (χ0) is 15.5. The Hall–Kier alpha value is -2.25. The van der Waals surface area contributed by atoms with Gasteiger partial charge in [-0.3, -0.25) is 4.79 Å². The van der Waals surface area contributed by atoms with Crippen molar-refractivity contribution in [3.63, 3.8) is 0 Å². The van der Waals surface area contributed by atoms with Crippen LogP contribution in [0.4, 0.5) is 0 Å². The van der Waals surface area contributed by atoms with Crippen LogP contribution in [0.15, 0.2) is 43.0 Å². The van der Waals surface area contributed by atoms with E-state index in [4.69, 9.17) is 0 Å². The molecule has 2 N–H and O–H groups in total. The molecular formula is C15H16N4O2S. The number of aromatic nitrogens is 3. The van der Waals surface area contributed by atoms with Gasteiger partial charge in [0.1, 0.15) is 24.8 Å². The van der Waals surface area contributed by atoms with Crippen molar-refractivity contribution in [1.82, 2.24) is 20.1 Å². The molecule has 114 valence electrons. The first-order chi connectivity index (χ1) is 10.6. The van der Waals surface area contributed by atoms with Gasteiger partial charge in [-0.15, -0.1) is 11.3 Å². The fourth-order valence-corrected chi connectivity index (χ4v) is 3.20. The van der Waals surface area contributed by atoms with E-state index in [0.717, 1.165) is 15.0 Å². The summed E-state index contributed by atoms with van der Waals surface area (Å²) >= 11 is 1.53. The topological polar surface area (TPSA) is 80.0 Å². The number of aliphatic hydroxyl groups excluding tert-OH is 1. The molecular weight excluding hydrogens is 300 g/mol. The molecule has 7 heteroatoms. The average Bonchev–Trinajstić information content (AvgIpc) is 3.20. The second-order valence-electron chi connectivity index (χ2n) is 5.00. The summed E-state index contributed by atoms with van der Waals surface area (Å²) in [6.07, 6.45) is 2.16. The van der Waals surface area contributed by atoms with Crippen molar-refractivity contribution < 1.29 is 9.90 Å². The van der Waals surface area contributed by atoms with Crippen LogP contribution >= 0.6 is 11.3 Å². The highest BCUT2D eigenvalue weighted by molar-refractivity contribution is 7.19. The maximum Gasteiger partial charge on any atom is 0.244 e. The van der Waals surface area contributed by atoms with E-state index in [1.807, 2.05) is 30.3 Å². The highest BCUT2D eigenvalue weighted by Crippen LogP contribution is 2.29. The lowest BCUT2D eigenvalue weighted by Gasteiger charge is -2.14. The number of thiophene rings is 1. The normalized spacial score (nSPS) is 13.9. The fraction of sp³-hybridized carbons (Fsp3) is 0.267. The molecule has 0 aliphatic heterocycles. The molecule has 2 atom stereocenters. The van der Waals surface area contributed by atoms with E-state index in [0.29, 0.717) is 0 Å². The highest BCUT2D eigenvalue weighted by Gasteiger charge is 2.18. The molecule has 22 heavy (non-hydrogen) atoms. The second kappa shape index (κ2) is 6.25. The summed E-state index contributed by atoms with van der Waals surface area (Å²) in [7, 11) is 0. The Bertz CT molecular complexity index is 736. The number of carbonyl (C=O) groups excluding carboxylic acids is 1. The van der Waals surface area contributed by atoms with Gasteiger partial charge in [0.05, 0.1) is 0 Å². The quantitative estimate of drug-likeness (QED) is 0.753. The van der Waals surface area contributed by atoms with E-state index in [2.05, 4.69) is 15.4 Å². The summed E-state index contributed by atoms with van der Waals surface area (Å²) in [4.78, 5) is 16.7. The van der Waals surface area contributed by atoms with Crippen molar-refractivity contribution in [2.45, 2.75) is 19.1 Å². The molecule has 1 amide bonds. The summed E-state index contributed by atoms with van der Waals surface area (Å²) in [6, 6.07) is 9.45. The minimum Gasteiger partial charge on any atom is -0.386 e. The Morgan fingerprint density at radius 3 is 3.00 bits per heavy atom. The molecule has 0 saturated heterocycles. The van der Waals surface area contributed by atoms with Gasteiger partial charge in [-0.05, 0) is 24.4 Å². The van der Waals surface area contributed by atoms with Crippen molar-refractivity contribution in [2.24, 2.45) is 0 Å². The maximum atomic E-state index is 12.0. The summed E-state index contributed by atoms with van der Waals surface area (Å²) < 4.78 is 2.60. The molecule has 2 heterocycles. The molecule has 0 saturated carbocycles. The number of nitrogens with zero attached hydrogens (tertiary/aromatic N) is 3. The van der Waals surface area contributed by atoms with Crippen LogP contribution in [0.2, 0.25) is 0 Å². The number of amides is 1. The van der Waals surface area contributed by atoms with Crippen molar-refractivity contribution in [1.29, 1.82) is 0 Å². The van der Waals surface area contributed by atoms with Crippen molar-refractivity contribution in [3.8, 4) is 0 Å². The van der Waals surface area contributed by atoms with Crippen molar-refractivity contribution in [2.75, 3.05) is 6.54 Å². The van der Waals surface area contributed by atoms with Crippen LogP contribution in [0.3, 0.4) is 0 Å². The molecule has 2 unspecified atom stereocenters. The summed E-state index contributed by atoms with van der Waals surface area (Å²) in [6.45, 7) is 1.90. The molecule has 1 aromatic carbocycles. The van der Waals surface area contributed by atoms with Crippen LogP contribution in [0, 0.1) is 0 Å². The Balaban J connectivity index is 1.62. The minimum absolute atomic E-state index is 0.171. The lowest BCUT2D eigenvalue weighted by Crippen LogP contribution is -2.34. The number of aliphatic hydroxyl groups is 1. The number of rotatable bonds is 5. The molecule has 2 aromatic heterocycles. The van der Waals surface area contributed by atoms with Crippen molar-refractivity contribution in [3.05, 3.63) is 47.9 Å². The summed E-state index contributed by atoms with van der Waals surface area (Å²) in [5.74, 6) is -0.203. The number of nitrogens with one attached hydrogen (secondary N) is 1. The number of benzene rings is 1. The number of carbonyl (C=O) groups is 1. The zero-order valence-corrected chi connectivity index (χ0v) is 12.8. The maximum absolute atomic E-state index is 12.0. The predicted molar refractivity (Wildman–Crippen MR) is 84.5 cm³/mol. The lowest BCUT2D eigenvalue weighted by molar-refractivity contribution is -0.124. The SMILES string of the molecule is CC(C(=O)NCC(O)c1cc2ccccc2s1)n1cncn1. The standard InChI is InChI=1S/C15H16N4O2S/c1-10(19-9-16-8-18-19)15(21)17-7-12(20)14-6-11-4-2-3-5-13(11)22-14/h2-6,8-10,12,20H,7H2,1H3,(H,17,21). The van der Waals surface area contributed by atoms with E-state index in [-0.39, 0.29) is 12.5 Å². The smallest absolute Gasteiger partial charge is 0.244 e. The van der Waals surface area contributed by atoms with Crippen LogP contribution in [-0.2, 0) is 4.79 Å². The molecule has 3 rings (SSSR count). The molecule has 0 fully saturated rings. The van der Waals surface area contributed by atoms with Gasteiger partial charge in [-0.2, -0.15) is 5.10 Å². The third-order valence-electron chi connectivity index (χ3n) is 3.46. The number of hydrogen-bond donors (Lipinski definition) is 2. The van der Waals surface area contributed by atoms with Crippen LogP contribution in [0.1, 0.15) is 23.9 Å². The Morgan fingerprint density at radius 2 is 2.27 bits per heavy atom. The minimum atomic E-state index is -0.718. The van der Waals surface area contributed by atoms with E-state index < -0.39 is 12.1 Å². The van der Waals surface area contributed by atoms with Crippen molar-refractivity contribution >= 4 is 27.3 Å². The molecule has 0 aliphatic rings. The van der Waals surface area contributed by atoms with Gasteiger partial charge in [-0.1, -0.05) is 18.2 Å². The first-order valence-corrected chi connectivity index (χ1v) is 7.75. The molecule has 3 aromatic rings. The Morgan fingerprint density at radius 1 is 1.45 bits per heavy atom. The van der Waals surface area contributed by atoms with E-state index in [1.54, 1.807) is 6.92 Å². The van der Waals surface area contributed by atoms with E-state index >= 15 is 0 Å². The van der Waals surface area contributed by atoms with Crippen LogP contribution in [0.5, 0.6) is 0 Å². The molecule has 0 radical (unpaired) electrons. The molecule has 6 nitrogen and oxygen atoms in total. The fourth-order valence-electron chi connectivity index (χ4n) is 2.15. The highest BCUT2D eigenvalue weighted by atomic mass is 32.1. The number of hydrogen-bond acceptors (Lipinski definition) is 5. The third kappa shape index (κ3) is 3.00. The van der Waals surface area contributed by atoms with Gasteiger partial charge in [0.2, 0.25) is 5.91 Å². The zero-order valence-electron chi connectivity index (χ0n) is 12.0. The average molecular weight is 316 g/mol. The number of fused-ring (bicyclic) bond motifs is 1.